The minimum absolute atomic E-state index is 0.537. The van der Waals surface area contributed by atoms with Crippen LogP contribution >= 0.6 is 0 Å². The zero-order valence-electron chi connectivity index (χ0n) is 30.5. The van der Waals surface area contributed by atoms with Crippen molar-refractivity contribution in [2.45, 2.75) is 18.8 Å². The maximum Gasteiger partial charge on any atom is 0.160 e. The van der Waals surface area contributed by atoms with Crippen LogP contribution in [0, 0.1) is 0 Å². The van der Waals surface area contributed by atoms with Crippen LogP contribution in [0.1, 0.15) is 45.9 Å². The van der Waals surface area contributed by atoms with Crippen molar-refractivity contribution in [2.75, 3.05) is 0 Å². The highest BCUT2D eigenvalue weighted by atomic mass is 14.9. The molecule has 8 aromatic rings. The van der Waals surface area contributed by atoms with E-state index >= 15 is 0 Å². The van der Waals surface area contributed by atoms with Crippen molar-refractivity contribution in [3.05, 3.63) is 233 Å². The topological polar surface area (TPSA) is 38.1 Å². The third-order valence-corrected chi connectivity index (χ3v) is 11.2. The summed E-state index contributed by atoms with van der Waals surface area (Å²) in [7, 11) is 0. The number of hydrogen-bond donors (Lipinski definition) is 0. The highest BCUT2D eigenvalue weighted by Gasteiger charge is 2.54. The lowest BCUT2D eigenvalue weighted by Gasteiger charge is -2.31. The van der Waals surface area contributed by atoms with E-state index in [1.54, 1.807) is 0 Å². The first-order valence-corrected chi connectivity index (χ1v) is 18.9. The van der Waals surface area contributed by atoms with Crippen molar-refractivity contribution in [1.29, 1.82) is 0 Å². The van der Waals surface area contributed by atoms with E-state index in [0.29, 0.717) is 5.82 Å². The van der Waals surface area contributed by atoms with E-state index in [2.05, 4.69) is 195 Å². The zero-order valence-corrected chi connectivity index (χ0v) is 30.5. The van der Waals surface area contributed by atoms with Crippen LogP contribution in [0.3, 0.4) is 0 Å². The van der Waals surface area contributed by atoms with Gasteiger partial charge in [0.1, 0.15) is 0 Å². The highest BCUT2D eigenvalue weighted by Crippen LogP contribution is 2.63. The molecule has 1 spiro atoms. The maximum absolute atomic E-state index is 5.50. The lowest BCUT2D eigenvalue weighted by Crippen LogP contribution is -2.27. The summed E-state index contributed by atoms with van der Waals surface area (Å²) < 4.78 is 0. The summed E-state index contributed by atoms with van der Waals surface area (Å²) in [5, 5.41) is 0. The average Bonchev–Trinajstić information content (AvgIpc) is 3.73. The Morgan fingerprint density at radius 3 is 1.64 bits per heavy atom. The number of aromatic nitrogens is 2. The van der Waals surface area contributed by atoms with Gasteiger partial charge >= 0.3 is 0 Å². The van der Waals surface area contributed by atoms with Crippen LogP contribution in [-0.4, -0.2) is 15.7 Å². The Labute approximate surface area is 322 Å². The fourth-order valence-electron chi connectivity index (χ4n) is 8.66. The Morgan fingerprint density at radius 1 is 0.491 bits per heavy atom. The van der Waals surface area contributed by atoms with Gasteiger partial charge in [0.05, 0.1) is 22.5 Å². The van der Waals surface area contributed by atoms with E-state index in [9.17, 15) is 0 Å². The van der Waals surface area contributed by atoms with Gasteiger partial charge in [-0.3, -0.25) is 4.99 Å². The molecule has 0 amide bonds. The molecule has 55 heavy (non-hydrogen) atoms. The van der Waals surface area contributed by atoms with Crippen LogP contribution in [0.15, 0.2) is 199 Å². The average molecular weight is 704 g/mol. The molecule has 0 fully saturated rings. The van der Waals surface area contributed by atoms with Gasteiger partial charge in [-0.1, -0.05) is 194 Å². The summed E-state index contributed by atoms with van der Waals surface area (Å²) in [5.74, 6) is 0.706. The molecule has 0 radical (unpaired) electrons. The van der Waals surface area contributed by atoms with Gasteiger partial charge in [-0.05, 0) is 57.9 Å². The van der Waals surface area contributed by atoms with E-state index in [1.165, 1.54) is 33.4 Å². The number of allylic oxidation sites excluding steroid dienone is 1. The quantitative estimate of drug-likeness (QED) is 0.155. The smallest absolute Gasteiger partial charge is 0.160 e. The number of fused-ring (bicyclic) bond motifs is 10. The fraction of sp³-hybridized carbons (Fsp3) is 0.0577. The number of benzene rings is 7. The summed E-state index contributed by atoms with van der Waals surface area (Å²) in [5.41, 5.74) is 17.4. The summed E-state index contributed by atoms with van der Waals surface area (Å²) >= 11 is 0. The van der Waals surface area contributed by atoms with E-state index < -0.39 is 5.41 Å². The second kappa shape index (κ2) is 13.5. The lowest BCUT2D eigenvalue weighted by molar-refractivity contribution is 0.788. The van der Waals surface area contributed by atoms with Gasteiger partial charge in [0.15, 0.2) is 5.82 Å². The molecular formula is C52H37N3. The van der Waals surface area contributed by atoms with Crippen molar-refractivity contribution < 1.29 is 0 Å². The van der Waals surface area contributed by atoms with Gasteiger partial charge in [-0.2, -0.15) is 0 Å². The normalized spacial score (nSPS) is 13.6. The van der Waals surface area contributed by atoms with Crippen molar-refractivity contribution in [1.82, 2.24) is 9.97 Å². The third-order valence-electron chi connectivity index (χ3n) is 11.2. The molecule has 0 bridgehead atoms. The molecule has 0 aliphatic heterocycles. The second-order valence-electron chi connectivity index (χ2n) is 14.3. The molecular weight excluding hydrogens is 667 g/mol. The standard InChI is InChI=1S/C52H37N3/c1-35(53-47(38-19-7-3-8-20-38)34-29-36-17-5-2-6-18-36)37-30-32-40(33-31-37)51-54-49(39-21-9-4-10-22-39)48-50(55-51)43-25-13-16-28-46(43)52(48)44-26-14-11-23-41(44)42-24-12-15-27-45(42)52/h2-28,30-34H,29H2,1H3/b47-34-,53-35?. The summed E-state index contributed by atoms with van der Waals surface area (Å²) in [6, 6.07) is 66.7. The molecule has 3 heteroatoms. The van der Waals surface area contributed by atoms with E-state index in [4.69, 9.17) is 15.0 Å². The molecule has 2 aliphatic rings. The van der Waals surface area contributed by atoms with Gasteiger partial charge < -0.3 is 0 Å². The minimum atomic E-state index is -0.537. The van der Waals surface area contributed by atoms with Crippen LogP contribution in [0.25, 0.3) is 50.7 Å². The van der Waals surface area contributed by atoms with Crippen LogP contribution in [0.2, 0.25) is 0 Å². The minimum Gasteiger partial charge on any atom is -0.253 e. The van der Waals surface area contributed by atoms with Gasteiger partial charge in [0.2, 0.25) is 0 Å². The first-order chi connectivity index (χ1) is 27.2. The fourth-order valence-corrected chi connectivity index (χ4v) is 8.66. The Balaban J connectivity index is 1.11. The van der Waals surface area contributed by atoms with Gasteiger partial charge in [0.25, 0.3) is 0 Å². The molecule has 7 aromatic carbocycles. The Bertz CT molecular complexity index is 2720. The van der Waals surface area contributed by atoms with Crippen molar-refractivity contribution >= 4 is 11.4 Å². The molecule has 1 aromatic heterocycles. The highest BCUT2D eigenvalue weighted by molar-refractivity contribution is 6.02. The monoisotopic (exact) mass is 703 g/mol. The lowest BCUT2D eigenvalue weighted by atomic mass is 9.69. The van der Waals surface area contributed by atoms with Crippen molar-refractivity contribution in [2.24, 2.45) is 4.99 Å². The van der Waals surface area contributed by atoms with Crippen LogP contribution in [0.5, 0.6) is 0 Å². The molecule has 0 atom stereocenters. The molecule has 0 saturated heterocycles. The van der Waals surface area contributed by atoms with Crippen molar-refractivity contribution in [3.63, 3.8) is 0 Å². The van der Waals surface area contributed by atoms with Crippen LogP contribution in [0.4, 0.5) is 0 Å². The zero-order chi connectivity index (χ0) is 36.8. The van der Waals surface area contributed by atoms with Crippen LogP contribution in [-0.2, 0) is 11.8 Å². The molecule has 0 N–H and O–H groups in total. The molecule has 1 heterocycles. The molecule has 2 aliphatic carbocycles. The van der Waals surface area contributed by atoms with E-state index in [0.717, 1.165) is 62.6 Å². The van der Waals surface area contributed by atoms with Crippen molar-refractivity contribution in [3.8, 4) is 45.0 Å². The number of hydrogen-bond acceptors (Lipinski definition) is 3. The van der Waals surface area contributed by atoms with Gasteiger partial charge in [-0.15, -0.1) is 0 Å². The summed E-state index contributed by atoms with van der Waals surface area (Å²) in [6.07, 6.45) is 3.03. The molecule has 0 unspecified atom stereocenters. The Hall–Kier alpha value is -6.97. The first kappa shape index (κ1) is 32.7. The Kier molecular flexibility index (Phi) is 8.00. The van der Waals surface area contributed by atoms with Crippen LogP contribution < -0.4 is 0 Å². The predicted molar refractivity (Wildman–Crippen MR) is 226 cm³/mol. The largest absolute Gasteiger partial charge is 0.253 e. The van der Waals surface area contributed by atoms with Gasteiger partial charge in [-0.25, -0.2) is 9.97 Å². The Morgan fingerprint density at radius 2 is 1.00 bits per heavy atom. The molecule has 3 nitrogen and oxygen atoms in total. The van der Waals surface area contributed by atoms with E-state index in [1.807, 2.05) is 6.07 Å². The number of aliphatic imine (C=N–C) groups is 1. The number of nitrogens with zero attached hydrogens (tertiary/aromatic N) is 3. The molecule has 260 valence electrons. The predicted octanol–water partition coefficient (Wildman–Crippen LogP) is 12.2. The maximum atomic E-state index is 5.50. The molecule has 0 saturated carbocycles. The second-order valence-corrected chi connectivity index (χ2v) is 14.3. The molecule has 10 rings (SSSR count). The number of rotatable bonds is 7. The SMILES string of the molecule is CC(=N/C(=C\Cc1ccccc1)c1ccccc1)c1ccc(-c2nc(-c3ccccc3)c3c(n2)-c2ccccc2C32c3ccccc3-c3ccccc32)cc1. The van der Waals surface area contributed by atoms with E-state index in [-0.39, 0.29) is 0 Å². The summed E-state index contributed by atoms with van der Waals surface area (Å²) in [6.45, 7) is 2.08. The van der Waals surface area contributed by atoms with Gasteiger partial charge in [0, 0.05) is 28.0 Å². The summed E-state index contributed by atoms with van der Waals surface area (Å²) in [4.78, 5) is 16.2. The first-order valence-electron chi connectivity index (χ1n) is 18.9. The third kappa shape index (κ3) is 5.39.